The van der Waals surface area contributed by atoms with Gasteiger partial charge in [0.25, 0.3) is 0 Å². The van der Waals surface area contributed by atoms with Crippen LogP contribution in [0.3, 0.4) is 0 Å². The van der Waals surface area contributed by atoms with E-state index >= 15 is 0 Å². The molecule has 16 aromatic rings. The molecule has 0 N–H and O–H groups in total. The Bertz CT molecular complexity index is 5120. The number of pyridine rings is 4. The van der Waals surface area contributed by atoms with Gasteiger partial charge < -0.3 is 29.9 Å². The van der Waals surface area contributed by atoms with E-state index in [0.717, 1.165) is 128 Å². The van der Waals surface area contributed by atoms with Crippen molar-refractivity contribution in [2.45, 2.75) is 74.0 Å². The van der Waals surface area contributed by atoms with Crippen molar-refractivity contribution in [3.63, 3.8) is 0 Å². The van der Waals surface area contributed by atoms with E-state index in [0.29, 0.717) is 5.82 Å². The molecule has 4 unspecified atom stereocenters. The fourth-order valence-corrected chi connectivity index (χ4v) is 17.2. The van der Waals surface area contributed by atoms with Crippen LogP contribution in [0.15, 0.2) is 340 Å². The maximum atomic E-state index is 5.14. The van der Waals surface area contributed by atoms with Crippen molar-refractivity contribution in [3.8, 4) is 123 Å². The first-order valence-electron chi connectivity index (χ1n) is 37.6. The van der Waals surface area contributed by atoms with Crippen LogP contribution in [0.1, 0.15) is 107 Å². The third-order valence-corrected chi connectivity index (χ3v) is 22.3. The minimum absolute atomic E-state index is 0. The Morgan fingerprint density at radius 3 is 0.673 bits per heavy atom. The molecule has 0 amide bonds. The van der Waals surface area contributed by atoms with Crippen LogP contribution < -0.4 is 0 Å². The molecule has 5 aromatic heterocycles. The average molecular weight is 1770 g/mol. The van der Waals surface area contributed by atoms with Gasteiger partial charge in [-0.15, -0.1) is 144 Å². The zero-order chi connectivity index (χ0) is 72.0. The molecule has 0 radical (unpaired) electrons. The van der Waals surface area contributed by atoms with Gasteiger partial charge in [-0.05, 0) is 181 Å². The molecule has 2 aliphatic carbocycles. The molecule has 2 saturated carbocycles. The molecule has 4 atom stereocenters. The Hall–Kier alpha value is -11.6. The monoisotopic (exact) mass is 1770 g/mol. The molecule has 0 saturated heterocycles. The molecular weight excluding hydrogens is 1690 g/mol. The summed E-state index contributed by atoms with van der Waals surface area (Å²) in [5, 5.41) is 0. The van der Waals surface area contributed by atoms with Crippen LogP contribution in [0.4, 0.5) is 0 Å². The topological polar surface area (TPSA) is 77.3 Å². The first kappa shape index (κ1) is 72.6. The fourth-order valence-electron chi connectivity index (χ4n) is 17.2. The Balaban J connectivity index is 0.00000460. The molecule has 5 heterocycles. The van der Waals surface area contributed by atoms with E-state index in [1.54, 1.807) is 0 Å². The minimum atomic E-state index is 0. The van der Waals surface area contributed by atoms with Crippen molar-refractivity contribution >= 4 is 0 Å². The van der Waals surface area contributed by atoms with Crippen molar-refractivity contribution in [2.24, 2.45) is 0 Å². The molecular formula is C102H74Ir2N6. The van der Waals surface area contributed by atoms with Crippen molar-refractivity contribution in [2.75, 3.05) is 0 Å². The normalized spacial score (nSPS) is 16.7. The van der Waals surface area contributed by atoms with Gasteiger partial charge in [-0.25, -0.2) is 17.7 Å². The molecule has 8 heteroatoms. The van der Waals surface area contributed by atoms with E-state index in [4.69, 9.17) is 29.9 Å². The van der Waals surface area contributed by atoms with Gasteiger partial charge in [-0.3, -0.25) is 12.1 Å². The Kier molecular flexibility index (Phi) is 22.1. The summed E-state index contributed by atoms with van der Waals surface area (Å²) in [6.07, 6.45) is 18.0. The second-order valence-corrected chi connectivity index (χ2v) is 28.7. The average Bonchev–Trinajstić information content (AvgIpc) is 0.771. The zero-order valence-corrected chi connectivity index (χ0v) is 65.2. The van der Waals surface area contributed by atoms with Gasteiger partial charge in [0.1, 0.15) is 0 Å². The van der Waals surface area contributed by atoms with Crippen LogP contribution in [0.25, 0.3) is 123 Å². The predicted molar refractivity (Wildman–Crippen MR) is 436 cm³/mol. The minimum Gasteiger partial charge on any atom is -0.332 e. The van der Waals surface area contributed by atoms with E-state index in [1.807, 2.05) is 110 Å². The molecule has 6 nitrogen and oxygen atoms in total. The summed E-state index contributed by atoms with van der Waals surface area (Å²) >= 11 is 0. The first-order chi connectivity index (χ1) is 53.5. The molecule has 2 aliphatic rings. The van der Waals surface area contributed by atoms with Gasteiger partial charge in [0.05, 0.1) is 0 Å². The quantitative estimate of drug-likeness (QED) is 0.0846. The van der Waals surface area contributed by atoms with Crippen LogP contribution in [-0.2, 0) is 40.2 Å². The Morgan fingerprint density at radius 2 is 0.436 bits per heavy atom. The predicted octanol–water partition coefficient (Wildman–Crippen LogP) is 24.9. The maximum Gasteiger partial charge on any atom is 3.00 e. The number of rotatable bonds is 17. The second-order valence-electron chi connectivity index (χ2n) is 28.7. The second kappa shape index (κ2) is 33.5. The number of hydrogen-bond acceptors (Lipinski definition) is 6. The first-order valence-corrected chi connectivity index (χ1v) is 37.6. The van der Waals surface area contributed by atoms with Crippen LogP contribution in [0.5, 0.6) is 0 Å². The fraction of sp³-hybridized carbons (Fsp3) is 0.118. The van der Waals surface area contributed by atoms with Crippen molar-refractivity contribution in [3.05, 3.63) is 410 Å². The van der Waals surface area contributed by atoms with E-state index in [2.05, 4.69) is 267 Å². The van der Waals surface area contributed by atoms with Gasteiger partial charge in [0, 0.05) is 42.7 Å². The largest absolute Gasteiger partial charge is 3.00 e. The summed E-state index contributed by atoms with van der Waals surface area (Å²) in [6, 6.07) is 129. The summed E-state index contributed by atoms with van der Waals surface area (Å²) in [6.45, 7) is 0. The number of aromatic nitrogens is 6. The van der Waals surface area contributed by atoms with Crippen LogP contribution in [0.2, 0.25) is 0 Å². The third-order valence-electron chi connectivity index (χ3n) is 22.3. The standard InChI is InChI=1S/C102H74N6.2Ir/c1-5-25-70(26-6-1)98-53-49-75(63-103-98)87-34-14-19-39-92(87)80-57-79(58-81(59-80)93-40-20-15-35-88(93)76-50-54-99(104-64-76)71-27-7-2-8-28-71)91-38-18-13-33-86(91)69-45-47-74(48-46-69)102-107-67-85(68-108-102)97-44-24-23-43-96(97)84-61-82(94-41-21-16-36-89(94)77-51-55-100(105-65-77)72-29-9-3-10-30-72)60-83(62-84)95-42-22-17-37-90(95)78-52-56-101(106-66-78)73-31-11-4-12-32-73;;/h1-25,27,29,31,33-46,49-56,63-68,79-84H,57-62H2;;/q-6;2*+3. The number of benzene rings is 11. The summed E-state index contributed by atoms with van der Waals surface area (Å²) in [5.74, 6) is 1.91. The van der Waals surface area contributed by atoms with Gasteiger partial charge in [0.15, 0.2) is 0 Å². The maximum absolute atomic E-state index is 5.14. The number of nitrogens with zero attached hydrogens (tertiary/aromatic N) is 6. The molecule has 2 fully saturated rings. The molecule has 110 heavy (non-hydrogen) atoms. The van der Waals surface area contributed by atoms with Crippen molar-refractivity contribution in [1.29, 1.82) is 0 Å². The molecule has 11 aromatic carbocycles. The van der Waals surface area contributed by atoms with Gasteiger partial charge >= 0.3 is 40.2 Å². The van der Waals surface area contributed by atoms with Gasteiger partial charge in [-0.2, -0.15) is 5.56 Å². The summed E-state index contributed by atoms with van der Waals surface area (Å²) in [5.41, 5.74) is 29.9. The molecule has 530 valence electrons. The molecule has 18 rings (SSSR count). The summed E-state index contributed by atoms with van der Waals surface area (Å²) < 4.78 is 0. The molecule has 0 spiro atoms. The van der Waals surface area contributed by atoms with Crippen LogP contribution in [0, 0.1) is 36.4 Å². The summed E-state index contributed by atoms with van der Waals surface area (Å²) in [7, 11) is 0. The zero-order valence-electron chi connectivity index (χ0n) is 60.4. The van der Waals surface area contributed by atoms with E-state index in [-0.39, 0.29) is 75.7 Å². The van der Waals surface area contributed by atoms with E-state index in [9.17, 15) is 0 Å². The van der Waals surface area contributed by atoms with Crippen molar-refractivity contribution in [1.82, 2.24) is 29.9 Å². The van der Waals surface area contributed by atoms with E-state index < -0.39 is 0 Å². The van der Waals surface area contributed by atoms with Gasteiger partial charge in [0.2, 0.25) is 0 Å². The molecule has 0 bridgehead atoms. The third kappa shape index (κ3) is 15.4. The molecule has 0 aliphatic heterocycles. The number of hydrogen-bond donors (Lipinski definition) is 0. The van der Waals surface area contributed by atoms with Gasteiger partial charge in [-0.1, -0.05) is 205 Å². The summed E-state index contributed by atoms with van der Waals surface area (Å²) in [4.78, 5) is 30.3. The van der Waals surface area contributed by atoms with Crippen LogP contribution in [-0.4, -0.2) is 29.9 Å². The Labute approximate surface area is 672 Å². The van der Waals surface area contributed by atoms with E-state index in [1.165, 1.54) is 61.2 Å². The van der Waals surface area contributed by atoms with Crippen LogP contribution >= 0.6 is 0 Å². The van der Waals surface area contributed by atoms with Crippen molar-refractivity contribution < 1.29 is 40.2 Å². The SMILES string of the molecule is [Ir+3].[Ir+3].[c-]1cc(-c2ccccc2C2CC(c3ccccc3-c3ccc(-c4[c-]cccc4)nc3)CC(c3ccccc3-c3ccc(-c4[c-]cccc4)nc3)C2)c[c-]c1-c1ncc(-c2ccccc2C2CC(c3ccccc3-c3ccc(-c4[c-]cccc4)nc3)CC(c3ccccc3-c3ccc(-c4[c-]cccc4)nc3)C2)cn1. The Morgan fingerprint density at radius 1 is 0.209 bits per heavy atom. The smallest absolute Gasteiger partial charge is 0.332 e.